The smallest absolute Gasteiger partial charge is 0.0391 e. The highest BCUT2D eigenvalue weighted by atomic mass is 14.1. The van der Waals surface area contributed by atoms with Crippen LogP contribution < -0.4 is 0 Å². The first-order chi connectivity index (χ1) is 3.18. The average Bonchev–Trinajstić information content (AvgIpc) is 1.65. The molecule has 0 spiro atoms. The summed E-state index contributed by atoms with van der Waals surface area (Å²) in [5.74, 6) is 1.23. The molecule has 0 aromatic rings. The van der Waals surface area contributed by atoms with Crippen LogP contribution >= 0.6 is 0 Å². The standard InChI is InChI=1S/C7H14/c1-5-7(4)6(2)3/h6-7H,1,4-5H2,2-3H3. The number of hydrogen-bond donors (Lipinski definition) is 0. The van der Waals surface area contributed by atoms with Gasteiger partial charge in [0.05, 0.1) is 0 Å². The molecule has 1 unspecified atom stereocenters. The van der Waals surface area contributed by atoms with E-state index >= 15 is 0 Å². The van der Waals surface area contributed by atoms with Crippen molar-refractivity contribution in [2.45, 2.75) is 20.3 Å². The predicted octanol–water partition coefficient (Wildman–Crippen LogP) is 2.32. The molecule has 1 atom stereocenters. The molecule has 0 aliphatic heterocycles. The van der Waals surface area contributed by atoms with Crippen molar-refractivity contribution in [2.75, 3.05) is 0 Å². The first kappa shape index (κ1) is 7.00. The molecule has 42 valence electrons. The van der Waals surface area contributed by atoms with Gasteiger partial charge in [0.2, 0.25) is 0 Å². The van der Waals surface area contributed by atoms with E-state index in [4.69, 9.17) is 0 Å². The number of hydrogen-bond acceptors (Lipinski definition) is 0. The van der Waals surface area contributed by atoms with Crippen molar-refractivity contribution in [1.29, 1.82) is 0 Å². The highest BCUT2D eigenvalue weighted by Gasteiger charge is 2.01. The van der Waals surface area contributed by atoms with E-state index in [0.29, 0.717) is 11.8 Å². The van der Waals surface area contributed by atoms with Crippen molar-refractivity contribution in [3.63, 3.8) is 0 Å². The van der Waals surface area contributed by atoms with Crippen LogP contribution in [0.1, 0.15) is 20.3 Å². The molecule has 0 heteroatoms. The zero-order chi connectivity index (χ0) is 5.86. The zero-order valence-electron chi connectivity index (χ0n) is 5.28. The summed E-state index contributed by atoms with van der Waals surface area (Å²) in [5.41, 5.74) is 0. The van der Waals surface area contributed by atoms with Crippen molar-refractivity contribution in [1.82, 2.24) is 0 Å². The third kappa shape index (κ3) is 2.67. The zero-order valence-corrected chi connectivity index (χ0v) is 5.28. The Morgan fingerprint density at radius 1 is 1.43 bits per heavy atom. The molecule has 0 aromatic carbocycles. The second kappa shape index (κ2) is 3.06. The quantitative estimate of drug-likeness (QED) is 0.497. The largest absolute Gasteiger partial charge is 0.0625 e. The average molecular weight is 98.2 g/mol. The summed E-state index contributed by atoms with van der Waals surface area (Å²) in [6.45, 7) is 12.0. The van der Waals surface area contributed by atoms with E-state index in [1.165, 1.54) is 0 Å². The van der Waals surface area contributed by atoms with Gasteiger partial charge in [-0.1, -0.05) is 27.2 Å². The Morgan fingerprint density at radius 2 is 1.86 bits per heavy atom. The van der Waals surface area contributed by atoms with Gasteiger partial charge in [-0.25, -0.2) is 0 Å². The molecule has 2 radical (unpaired) electrons. The minimum absolute atomic E-state index is 0.542. The molecule has 0 nitrogen and oxygen atoms in total. The summed E-state index contributed by atoms with van der Waals surface area (Å²) >= 11 is 0. The summed E-state index contributed by atoms with van der Waals surface area (Å²) in [6, 6.07) is 0. The van der Waals surface area contributed by atoms with Gasteiger partial charge in [-0.3, -0.25) is 0 Å². The Bertz CT molecular complexity index is 37.3. The van der Waals surface area contributed by atoms with Crippen molar-refractivity contribution < 1.29 is 0 Å². The fourth-order valence-corrected chi connectivity index (χ4v) is 0.333. The lowest BCUT2D eigenvalue weighted by molar-refractivity contribution is 0.466. The summed E-state index contributed by atoms with van der Waals surface area (Å²) in [5, 5.41) is 0. The highest BCUT2D eigenvalue weighted by Crippen LogP contribution is 2.11. The lowest BCUT2D eigenvalue weighted by atomic mass is 9.96. The predicted molar refractivity (Wildman–Crippen MR) is 33.7 cm³/mol. The molecule has 0 aliphatic rings. The van der Waals surface area contributed by atoms with Gasteiger partial charge in [0, 0.05) is 0 Å². The summed E-state index contributed by atoms with van der Waals surface area (Å²) < 4.78 is 0. The molecular formula is C7H14. The SMILES string of the molecule is [CH2]CC([CH2])C(C)C. The van der Waals surface area contributed by atoms with Crippen LogP contribution in [-0.4, -0.2) is 0 Å². The molecule has 0 heterocycles. The maximum Gasteiger partial charge on any atom is -0.0391 e. The second-order valence-corrected chi connectivity index (χ2v) is 2.29. The van der Waals surface area contributed by atoms with Crippen LogP contribution in [0.3, 0.4) is 0 Å². The van der Waals surface area contributed by atoms with Crippen LogP contribution in [0.4, 0.5) is 0 Å². The lowest BCUT2D eigenvalue weighted by Crippen LogP contribution is -2.01. The third-order valence-corrected chi connectivity index (χ3v) is 1.31. The van der Waals surface area contributed by atoms with E-state index in [2.05, 4.69) is 27.7 Å². The van der Waals surface area contributed by atoms with Gasteiger partial charge in [0.15, 0.2) is 0 Å². The van der Waals surface area contributed by atoms with Crippen LogP contribution in [-0.2, 0) is 0 Å². The minimum Gasteiger partial charge on any atom is -0.0625 e. The molecule has 0 bridgehead atoms. The van der Waals surface area contributed by atoms with Crippen molar-refractivity contribution in [3.05, 3.63) is 13.8 Å². The van der Waals surface area contributed by atoms with Gasteiger partial charge in [-0.2, -0.15) is 0 Å². The molecular weight excluding hydrogens is 84.1 g/mol. The van der Waals surface area contributed by atoms with E-state index in [-0.39, 0.29) is 0 Å². The topological polar surface area (TPSA) is 0 Å². The Morgan fingerprint density at radius 3 is 1.86 bits per heavy atom. The van der Waals surface area contributed by atoms with Gasteiger partial charge in [-0.05, 0) is 18.8 Å². The molecule has 0 saturated heterocycles. The van der Waals surface area contributed by atoms with E-state index in [0.717, 1.165) is 6.42 Å². The van der Waals surface area contributed by atoms with Gasteiger partial charge in [0.25, 0.3) is 0 Å². The molecule has 0 fully saturated rings. The Balaban J connectivity index is 3.14. The monoisotopic (exact) mass is 98.1 g/mol. The Hall–Kier alpha value is 0. The molecule has 0 N–H and O–H groups in total. The molecule has 0 saturated carbocycles. The Labute approximate surface area is 46.9 Å². The highest BCUT2D eigenvalue weighted by molar-refractivity contribution is 4.64. The van der Waals surface area contributed by atoms with Crippen molar-refractivity contribution in [2.24, 2.45) is 11.8 Å². The van der Waals surface area contributed by atoms with E-state index < -0.39 is 0 Å². The van der Waals surface area contributed by atoms with Crippen LogP contribution in [0.5, 0.6) is 0 Å². The molecule has 0 aliphatic carbocycles. The van der Waals surface area contributed by atoms with Gasteiger partial charge in [-0.15, -0.1) is 0 Å². The van der Waals surface area contributed by atoms with Crippen LogP contribution in [0.25, 0.3) is 0 Å². The van der Waals surface area contributed by atoms with Crippen LogP contribution in [0, 0.1) is 25.7 Å². The summed E-state index contributed by atoms with van der Waals surface area (Å²) in [7, 11) is 0. The second-order valence-electron chi connectivity index (χ2n) is 2.29. The first-order valence-electron chi connectivity index (χ1n) is 2.80. The first-order valence-corrected chi connectivity index (χ1v) is 2.80. The van der Waals surface area contributed by atoms with Gasteiger partial charge >= 0.3 is 0 Å². The molecule has 0 aromatic heterocycles. The fraction of sp³-hybridized carbons (Fsp3) is 0.714. The minimum atomic E-state index is 0.542. The van der Waals surface area contributed by atoms with E-state index in [1.807, 2.05) is 0 Å². The van der Waals surface area contributed by atoms with Crippen LogP contribution in [0.2, 0.25) is 0 Å². The molecule has 7 heavy (non-hydrogen) atoms. The molecule has 0 amide bonds. The van der Waals surface area contributed by atoms with Crippen LogP contribution in [0.15, 0.2) is 0 Å². The van der Waals surface area contributed by atoms with Gasteiger partial charge in [0.1, 0.15) is 0 Å². The molecule has 0 rings (SSSR count). The van der Waals surface area contributed by atoms with E-state index in [9.17, 15) is 0 Å². The third-order valence-electron chi connectivity index (χ3n) is 1.31. The lowest BCUT2D eigenvalue weighted by Gasteiger charge is -2.10. The maximum atomic E-state index is 3.89. The summed E-state index contributed by atoms with van der Waals surface area (Å²) in [6.07, 6.45) is 0.956. The maximum absolute atomic E-state index is 3.89. The van der Waals surface area contributed by atoms with Gasteiger partial charge < -0.3 is 0 Å². The Kier molecular flexibility index (Phi) is 3.06. The fourth-order valence-electron chi connectivity index (χ4n) is 0.333. The summed E-state index contributed by atoms with van der Waals surface area (Å²) in [4.78, 5) is 0. The normalized spacial score (nSPS) is 15.0. The van der Waals surface area contributed by atoms with Crippen molar-refractivity contribution >= 4 is 0 Å². The van der Waals surface area contributed by atoms with Crippen molar-refractivity contribution in [3.8, 4) is 0 Å². The number of rotatable bonds is 2. The van der Waals surface area contributed by atoms with E-state index in [1.54, 1.807) is 0 Å².